The summed E-state index contributed by atoms with van der Waals surface area (Å²) in [5, 5.41) is 6.37. The minimum atomic E-state index is 0.0222. The second-order valence-electron chi connectivity index (χ2n) is 5.85. The molecule has 4 nitrogen and oxygen atoms in total. The molecule has 0 bridgehead atoms. The van der Waals surface area contributed by atoms with Gasteiger partial charge in [-0.15, -0.1) is 0 Å². The minimum Gasteiger partial charge on any atom is -0.370 e. The summed E-state index contributed by atoms with van der Waals surface area (Å²) in [5.41, 5.74) is 0.690. The van der Waals surface area contributed by atoms with E-state index in [1.54, 1.807) is 12.3 Å². The summed E-state index contributed by atoms with van der Waals surface area (Å²) in [6.07, 6.45) is 9.14. The molecule has 2 rings (SSSR count). The fraction of sp³-hybridized carbons (Fsp3) is 0.647. The third-order valence-corrected chi connectivity index (χ3v) is 4.36. The minimum absolute atomic E-state index is 0.0222. The first-order valence-corrected chi connectivity index (χ1v) is 8.25. The Morgan fingerprint density at radius 2 is 2.10 bits per heavy atom. The molecule has 0 aromatic carbocycles. The van der Waals surface area contributed by atoms with Crippen LogP contribution in [0.25, 0.3) is 0 Å². The Hall–Kier alpha value is -1.58. The van der Waals surface area contributed by atoms with Gasteiger partial charge in [0.1, 0.15) is 5.82 Å². The summed E-state index contributed by atoms with van der Waals surface area (Å²) < 4.78 is 0. The van der Waals surface area contributed by atoms with Crippen LogP contribution in [0, 0.1) is 5.92 Å². The Balaban J connectivity index is 1.99. The number of hydrogen-bond donors (Lipinski definition) is 2. The van der Waals surface area contributed by atoms with Gasteiger partial charge in [0.2, 0.25) is 0 Å². The molecular weight excluding hydrogens is 262 g/mol. The molecule has 0 radical (unpaired) electrons. The lowest BCUT2D eigenvalue weighted by atomic mass is 9.83. The molecule has 1 fully saturated rings. The van der Waals surface area contributed by atoms with Crippen LogP contribution in [0.15, 0.2) is 18.3 Å². The van der Waals surface area contributed by atoms with Gasteiger partial charge in [0, 0.05) is 24.3 Å². The highest BCUT2D eigenvalue weighted by molar-refractivity contribution is 5.95. The molecule has 21 heavy (non-hydrogen) atoms. The van der Waals surface area contributed by atoms with Crippen LogP contribution in [-0.4, -0.2) is 23.5 Å². The zero-order chi connectivity index (χ0) is 15.1. The van der Waals surface area contributed by atoms with E-state index in [2.05, 4.69) is 22.5 Å². The summed E-state index contributed by atoms with van der Waals surface area (Å²) in [4.78, 5) is 16.7. The second-order valence-corrected chi connectivity index (χ2v) is 5.85. The number of carbonyl (C=O) groups excluding carboxylic acids is 1. The number of amides is 1. The van der Waals surface area contributed by atoms with Gasteiger partial charge >= 0.3 is 0 Å². The Morgan fingerprint density at radius 1 is 1.33 bits per heavy atom. The Kier molecular flexibility index (Phi) is 6.03. The van der Waals surface area contributed by atoms with Crippen LogP contribution in [0.2, 0.25) is 0 Å². The van der Waals surface area contributed by atoms with Crippen molar-refractivity contribution in [3.63, 3.8) is 0 Å². The SMILES string of the molecule is CCNc1cc(C(=O)NC(CC)C2CCCCC2)ccn1. The Morgan fingerprint density at radius 3 is 2.76 bits per heavy atom. The van der Waals surface area contributed by atoms with Crippen LogP contribution in [0.3, 0.4) is 0 Å². The van der Waals surface area contributed by atoms with Crippen molar-refractivity contribution in [1.29, 1.82) is 0 Å². The second kappa shape index (κ2) is 8.01. The maximum atomic E-state index is 12.4. The van der Waals surface area contributed by atoms with E-state index < -0.39 is 0 Å². The van der Waals surface area contributed by atoms with Crippen molar-refractivity contribution in [3.8, 4) is 0 Å². The van der Waals surface area contributed by atoms with Crippen molar-refractivity contribution < 1.29 is 4.79 Å². The third-order valence-electron chi connectivity index (χ3n) is 4.36. The van der Waals surface area contributed by atoms with Crippen molar-refractivity contribution in [1.82, 2.24) is 10.3 Å². The van der Waals surface area contributed by atoms with E-state index in [1.165, 1.54) is 32.1 Å². The van der Waals surface area contributed by atoms with Gasteiger partial charge in [-0.2, -0.15) is 0 Å². The summed E-state index contributed by atoms with van der Waals surface area (Å²) in [6, 6.07) is 3.91. The maximum Gasteiger partial charge on any atom is 0.251 e. The van der Waals surface area contributed by atoms with Crippen molar-refractivity contribution in [2.24, 2.45) is 5.92 Å². The fourth-order valence-electron chi connectivity index (χ4n) is 3.19. The molecule has 1 saturated carbocycles. The van der Waals surface area contributed by atoms with Crippen LogP contribution in [0.4, 0.5) is 5.82 Å². The summed E-state index contributed by atoms with van der Waals surface area (Å²) in [7, 11) is 0. The number of rotatable bonds is 6. The molecule has 0 spiro atoms. The average molecular weight is 289 g/mol. The van der Waals surface area contributed by atoms with Gasteiger partial charge in [-0.3, -0.25) is 4.79 Å². The number of pyridine rings is 1. The molecule has 1 aromatic rings. The number of hydrogen-bond acceptors (Lipinski definition) is 3. The maximum absolute atomic E-state index is 12.4. The molecule has 4 heteroatoms. The zero-order valence-corrected chi connectivity index (χ0v) is 13.2. The largest absolute Gasteiger partial charge is 0.370 e. The molecule has 1 aromatic heterocycles. The van der Waals surface area contributed by atoms with E-state index >= 15 is 0 Å². The van der Waals surface area contributed by atoms with Gasteiger partial charge in [0.15, 0.2) is 0 Å². The van der Waals surface area contributed by atoms with E-state index in [0.29, 0.717) is 17.5 Å². The summed E-state index contributed by atoms with van der Waals surface area (Å²) >= 11 is 0. The molecule has 1 aliphatic rings. The van der Waals surface area contributed by atoms with Crippen LogP contribution in [0.1, 0.15) is 62.7 Å². The van der Waals surface area contributed by atoms with Gasteiger partial charge < -0.3 is 10.6 Å². The first-order valence-electron chi connectivity index (χ1n) is 8.25. The first kappa shape index (κ1) is 15.8. The topological polar surface area (TPSA) is 54.0 Å². The predicted octanol–water partition coefficient (Wildman–Crippen LogP) is 3.60. The number of aromatic nitrogens is 1. The van der Waals surface area contributed by atoms with Crippen LogP contribution >= 0.6 is 0 Å². The van der Waals surface area contributed by atoms with Gasteiger partial charge in [0.05, 0.1) is 0 Å². The normalized spacial score (nSPS) is 17.2. The van der Waals surface area contributed by atoms with E-state index in [1.807, 2.05) is 13.0 Å². The number of nitrogens with zero attached hydrogens (tertiary/aromatic N) is 1. The van der Waals surface area contributed by atoms with Crippen LogP contribution in [-0.2, 0) is 0 Å². The number of carbonyl (C=O) groups is 1. The van der Waals surface area contributed by atoms with Gasteiger partial charge in [-0.05, 0) is 44.2 Å². The molecule has 1 unspecified atom stereocenters. The molecule has 1 heterocycles. The molecule has 0 saturated heterocycles. The van der Waals surface area contributed by atoms with Gasteiger partial charge in [-0.25, -0.2) is 4.98 Å². The summed E-state index contributed by atoms with van der Waals surface area (Å²) in [5.74, 6) is 1.42. The predicted molar refractivity (Wildman–Crippen MR) is 86.5 cm³/mol. The lowest BCUT2D eigenvalue weighted by Gasteiger charge is -2.30. The lowest BCUT2D eigenvalue weighted by molar-refractivity contribution is 0.0911. The number of nitrogens with one attached hydrogen (secondary N) is 2. The Labute approximate surface area is 127 Å². The third kappa shape index (κ3) is 4.45. The van der Waals surface area contributed by atoms with Crippen molar-refractivity contribution in [2.45, 2.75) is 58.4 Å². The van der Waals surface area contributed by atoms with Gasteiger partial charge in [-0.1, -0.05) is 26.2 Å². The molecule has 1 aliphatic carbocycles. The molecule has 0 aliphatic heterocycles. The smallest absolute Gasteiger partial charge is 0.251 e. The van der Waals surface area contributed by atoms with E-state index in [0.717, 1.165) is 18.8 Å². The highest BCUT2D eigenvalue weighted by atomic mass is 16.1. The van der Waals surface area contributed by atoms with E-state index in [9.17, 15) is 4.79 Å². The zero-order valence-electron chi connectivity index (χ0n) is 13.2. The molecule has 2 N–H and O–H groups in total. The monoisotopic (exact) mass is 289 g/mol. The van der Waals surface area contributed by atoms with Crippen molar-refractivity contribution in [2.75, 3.05) is 11.9 Å². The highest BCUT2D eigenvalue weighted by Crippen LogP contribution is 2.27. The quantitative estimate of drug-likeness (QED) is 0.841. The van der Waals surface area contributed by atoms with Crippen LogP contribution in [0.5, 0.6) is 0 Å². The van der Waals surface area contributed by atoms with Crippen molar-refractivity contribution >= 4 is 11.7 Å². The van der Waals surface area contributed by atoms with Crippen LogP contribution < -0.4 is 10.6 Å². The standard InChI is InChI=1S/C17H27N3O/c1-3-15(13-8-6-5-7-9-13)20-17(21)14-10-11-19-16(12-14)18-4-2/h10-13,15H,3-9H2,1-2H3,(H,18,19)(H,20,21). The summed E-state index contributed by atoms with van der Waals surface area (Å²) in [6.45, 7) is 4.98. The molecule has 1 atom stereocenters. The number of anilines is 1. The molecule has 1 amide bonds. The molecular formula is C17H27N3O. The van der Waals surface area contributed by atoms with Crippen molar-refractivity contribution in [3.05, 3.63) is 23.9 Å². The lowest BCUT2D eigenvalue weighted by Crippen LogP contribution is -2.40. The fourth-order valence-corrected chi connectivity index (χ4v) is 3.19. The average Bonchev–Trinajstić information content (AvgIpc) is 2.54. The molecule has 116 valence electrons. The van der Waals surface area contributed by atoms with E-state index in [-0.39, 0.29) is 5.91 Å². The van der Waals surface area contributed by atoms with E-state index in [4.69, 9.17) is 0 Å². The highest BCUT2D eigenvalue weighted by Gasteiger charge is 2.24. The Bertz CT molecular complexity index is 455. The first-order chi connectivity index (χ1) is 10.2. The van der Waals surface area contributed by atoms with Gasteiger partial charge in [0.25, 0.3) is 5.91 Å².